The van der Waals surface area contributed by atoms with E-state index in [1.54, 1.807) is 74.6 Å². The smallest absolute Gasteiger partial charge is 0.293 e. The molecule has 0 aromatic heterocycles. The second-order valence-corrected chi connectivity index (χ2v) is 7.02. The number of imide groups is 1. The number of amides is 4. The lowest BCUT2D eigenvalue weighted by molar-refractivity contribution is 0.113. The quantitative estimate of drug-likeness (QED) is 0.780. The lowest BCUT2D eigenvalue weighted by atomic mass is 10.2. The fourth-order valence-corrected chi connectivity index (χ4v) is 3.37. The Hall–Kier alpha value is -2.28. The van der Waals surface area contributed by atoms with Gasteiger partial charge in [-0.15, -0.1) is 0 Å². The van der Waals surface area contributed by atoms with Gasteiger partial charge in [0, 0.05) is 17.1 Å². The first-order valence-electron chi connectivity index (χ1n) is 7.89. The van der Waals surface area contributed by atoms with Crippen LogP contribution in [0, 0.1) is 0 Å². The number of rotatable bonds is 3. The van der Waals surface area contributed by atoms with Gasteiger partial charge < -0.3 is 0 Å². The van der Waals surface area contributed by atoms with Crippen molar-refractivity contribution in [3.63, 3.8) is 0 Å². The van der Waals surface area contributed by atoms with Crippen molar-refractivity contribution in [2.24, 2.45) is 0 Å². The lowest BCUT2D eigenvalue weighted by Crippen LogP contribution is -2.69. The van der Waals surface area contributed by atoms with Crippen LogP contribution in [0.3, 0.4) is 0 Å². The van der Waals surface area contributed by atoms with Crippen LogP contribution in [-0.4, -0.2) is 49.3 Å². The molecule has 1 saturated heterocycles. The molecule has 1 fully saturated rings. The van der Waals surface area contributed by atoms with Crippen molar-refractivity contribution < 1.29 is 9.59 Å². The number of hydrogen-bond donors (Lipinski definition) is 0. The Balaban J connectivity index is 2.13. The van der Waals surface area contributed by atoms with Crippen molar-refractivity contribution in [3.8, 4) is 0 Å². The molecule has 26 heavy (non-hydrogen) atoms. The molecule has 6 nitrogen and oxygen atoms in total. The Labute approximate surface area is 162 Å². The summed E-state index contributed by atoms with van der Waals surface area (Å²) in [7, 11) is 5.25. The van der Waals surface area contributed by atoms with Crippen molar-refractivity contribution in [1.29, 1.82) is 0 Å². The minimum atomic E-state index is -0.594. The van der Waals surface area contributed by atoms with Crippen LogP contribution in [0.25, 0.3) is 0 Å². The molecule has 0 aliphatic carbocycles. The fourth-order valence-electron chi connectivity index (χ4n) is 3.00. The average Bonchev–Trinajstić information content (AvgIpc) is 2.57. The highest BCUT2D eigenvalue weighted by Crippen LogP contribution is 2.32. The maximum Gasteiger partial charge on any atom is 0.340 e. The zero-order valence-electron chi connectivity index (χ0n) is 14.6. The fraction of sp³-hybridized carbons (Fsp3) is 0.222. The van der Waals surface area contributed by atoms with Crippen molar-refractivity contribution >= 4 is 46.6 Å². The first-order chi connectivity index (χ1) is 12.3. The number of nitrogens with zero attached hydrogens (tertiary/aromatic N) is 4. The second kappa shape index (κ2) is 7.15. The van der Waals surface area contributed by atoms with Gasteiger partial charge >= 0.3 is 12.1 Å². The Bertz CT molecular complexity index is 859. The van der Waals surface area contributed by atoms with Crippen molar-refractivity contribution in [2.45, 2.75) is 6.29 Å². The predicted molar refractivity (Wildman–Crippen MR) is 104 cm³/mol. The molecule has 3 rings (SSSR count). The van der Waals surface area contributed by atoms with Crippen LogP contribution < -0.4 is 9.80 Å². The number of anilines is 2. The van der Waals surface area contributed by atoms with Gasteiger partial charge in [-0.1, -0.05) is 35.3 Å². The summed E-state index contributed by atoms with van der Waals surface area (Å²) in [6.45, 7) is 0. The molecule has 0 bridgehead atoms. The predicted octanol–water partition coefficient (Wildman–Crippen LogP) is 4.34. The Morgan fingerprint density at radius 1 is 0.885 bits per heavy atom. The third-order valence-electron chi connectivity index (χ3n) is 4.08. The average molecular weight is 393 g/mol. The molecule has 0 saturated carbocycles. The van der Waals surface area contributed by atoms with Crippen LogP contribution in [0.1, 0.15) is 0 Å². The second-order valence-electron chi connectivity index (χ2n) is 6.15. The molecule has 1 unspecified atom stereocenters. The highest BCUT2D eigenvalue weighted by Gasteiger charge is 2.45. The topological polar surface area (TPSA) is 47.1 Å². The van der Waals surface area contributed by atoms with Gasteiger partial charge in [-0.3, -0.25) is 14.7 Å². The molecule has 0 spiro atoms. The minimum Gasteiger partial charge on any atom is -0.293 e. The van der Waals surface area contributed by atoms with Gasteiger partial charge in [0.25, 0.3) is 0 Å². The molecule has 0 radical (unpaired) electrons. The molecule has 136 valence electrons. The molecule has 1 aliphatic heterocycles. The van der Waals surface area contributed by atoms with Gasteiger partial charge in [-0.25, -0.2) is 14.5 Å². The number of carbonyl (C=O) groups is 2. The van der Waals surface area contributed by atoms with Crippen LogP contribution in [0.2, 0.25) is 10.0 Å². The van der Waals surface area contributed by atoms with E-state index in [1.807, 2.05) is 0 Å². The SMILES string of the molecule is CN(C)C1N(C)C(=O)N(c2cccc(Cl)c2)C(=O)N1c1cccc(Cl)c1. The number of hydrogen-bond acceptors (Lipinski definition) is 3. The van der Waals surface area contributed by atoms with E-state index in [0.29, 0.717) is 21.4 Å². The number of carbonyl (C=O) groups excluding carboxylic acids is 2. The van der Waals surface area contributed by atoms with Gasteiger partial charge in [-0.2, -0.15) is 0 Å². The summed E-state index contributed by atoms with van der Waals surface area (Å²) in [6, 6.07) is 12.7. The summed E-state index contributed by atoms with van der Waals surface area (Å²) in [4.78, 5) is 32.1. The van der Waals surface area contributed by atoms with Crippen molar-refractivity contribution in [2.75, 3.05) is 30.9 Å². The molecular weight excluding hydrogens is 375 g/mol. The van der Waals surface area contributed by atoms with Crippen molar-refractivity contribution in [1.82, 2.24) is 9.80 Å². The first-order valence-corrected chi connectivity index (χ1v) is 8.64. The molecular formula is C18H18Cl2N4O2. The van der Waals surface area contributed by atoms with E-state index in [2.05, 4.69) is 0 Å². The van der Waals surface area contributed by atoms with Gasteiger partial charge in [0.15, 0.2) is 6.29 Å². The summed E-state index contributed by atoms with van der Waals surface area (Å²) in [6.07, 6.45) is -0.594. The monoisotopic (exact) mass is 392 g/mol. The molecule has 1 aliphatic rings. The van der Waals surface area contributed by atoms with Crippen molar-refractivity contribution in [3.05, 3.63) is 58.6 Å². The third kappa shape index (κ3) is 3.23. The zero-order chi connectivity index (χ0) is 19.0. The molecule has 8 heteroatoms. The summed E-state index contributed by atoms with van der Waals surface area (Å²) in [5.41, 5.74) is 0.996. The molecule has 2 aromatic carbocycles. The third-order valence-corrected chi connectivity index (χ3v) is 4.55. The Morgan fingerprint density at radius 3 is 1.96 bits per heavy atom. The van der Waals surface area contributed by atoms with Crippen LogP contribution in [0.5, 0.6) is 0 Å². The number of urea groups is 2. The molecule has 1 heterocycles. The van der Waals surface area contributed by atoms with Crippen LogP contribution in [-0.2, 0) is 0 Å². The normalized spacial score (nSPS) is 18.1. The van der Waals surface area contributed by atoms with Crippen LogP contribution in [0.4, 0.5) is 21.0 Å². The van der Waals surface area contributed by atoms with E-state index in [9.17, 15) is 9.59 Å². The number of halogens is 2. The van der Waals surface area contributed by atoms with Gasteiger partial charge in [0.1, 0.15) is 0 Å². The molecule has 4 amide bonds. The summed E-state index contributed by atoms with van der Waals surface area (Å²) in [5, 5.41) is 0.941. The van der Waals surface area contributed by atoms with Gasteiger partial charge in [0.05, 0.1) is 11.4 Å². The van der Waals surface area contributed by atoms with E-state index >= 15 is 0 Å². The highest BCUT2D eigenvalue weighted by molar-refractivity contribution is 6.32. The van der Waals surface area contributed by atoms with E-state index in [4.69, 9.17) is 23.2 Å². The zero-order valence-corrected chi connectivity index (χ0v) is 16.1. The Morgan fingerprint density at radius 2 is 1.42 bits per heavy atom. The van der Waals surface area contributed by atoms with Gasteiger partial charge in [-0.05, 0) is 50.5 Å². The van der Waals surface area contributed by atoms with E-state index in [1.165, 1.54) is 9.80 Å². The summed E-state index contributed by atoms with van der Waals surface area (Å²) in [5.74, 6) is 0. The molecule has 2 aromatic rings. The van der Waals surface area contributed by atoms with E-state index in [0.717, 1.165) is 4.90 Å². The van der Waals surface area contributed by atoms with E-state index in [-0.39, 0.29) is 0 Å². The van der Waals surface area contributed by atoms with Crippen LogP contribution >= 0.6 is 23.2 Å². The highest BCUT2D eigenvalue weighted by atomic mass is 35.5. The minimum absolute atomic E-state index is 0.406. The van der Waals surface area contributed by atoms with E-state index < -0.39 is 18.4 Å². The maximum absolute atomic E-state index is 13.3. The number of benzene rings is 2. The lowest BCUT2D eigenvalue weighted by Gasteiger charge is -2.48. The first kappa shape index (κ1) is 18.5. The largest absolute Gasteiger partial charge is 0.340 e. The van der Waals surface area contributed by atoms with Gasteiger partial charge in [0.2, 0.25) is 0 Å². The molecule has 1 atom stereocenters. The maximum atomic E-state index is 13.3. The van der Waals surface area contributed by atoms with Crippen LogP contribution in [0.15, 0.2) is 48.5 Å². The standard InChI is InChI=1S/C18H18Cl2N4O2/c1-21(2)16-22(3)17(25)24(15-9-5-7-13(20)11-15)18(26)23(16)14-8-4-6-12(19)10-14/h4-11,16H,1-3H3. The Kier molecular flexibility index (Phi) is 5.09. The summed E-state index contributed by atoms with van der Waals surface area (Å²) >= 11 is 12.2. The molecule has 0 N–H and O–H groups in total. The summed E-state index contributed by atoms with van der Waals surface area (Å²) < 4.78 is 0.